The second kappa shape index (κ2) is 11.4. The fraction of sp³-hybridized carbons (Fsp3) is 0.269. The quantitative estimate of drug-likeness (QED) is 0.368. The van der Waals surface area contributed by atoms with Crippen molar-refractivity contribution in [2.75, 3.05) is 49.0 Å². The molecule has 1 aliphatic rings. The summed E-state index contributed by atoms with van der Waals surface area (Å²) in [7, 11) is -2.83. The summed E-state index contributed by atoms with van der Waals surface area (Å²) in [6, 6.07) is 16.8. The lowest BCUT2D eigenvalue weighted by Crippen LogP contribution is -2.52. The number of nitrogens with zero attached hydrogens (tertiary/aromatic N) is 3. The van der Waals surface area contributed by atoms with Crippen LogP contribution in [0.25, 0.3) is 0 Å². The number of piperazine rings is 1. The molecule has 1 aliphatic heterocycles. The Balaban J connectivity index is 1.62. The molecular weight excluding hydrogens is 557 g/mol. The van der Waals surface area contributed by atoms with E-state index in [1.807, 2.05) is 24.3 Å². The molecule has 1 fully saturated rings. The number of amides is 1. The molecule has 3 aromatic carbocycles. The van der Waals surface area contributed by atoms with Gasteiger partial charge in [0.05, 0.1) is 12.8 Å². The molecule has 3 aromatic rings. The first kappa shape index (κ1) is 27.4. The molecule has 0 radical (unpaired) electrons. The summed E-state index contributed by atoms with van der Waals surface area (Å²) in [4.78, 5) is 17.2. The van der Waals surface area contributed by atoms with Gasteiger partial charge in [0.2, 0.25) is 5.91 Å². The number of benzene rings is 3. The van der Waals surface area contributed by atoms with E-state index in [9.17, 15) is 13.2 Å². The van der Waals surface area contributed by atoms with Crippen LogP contribution in [0.3, 0.4) is 0 Å². The van der Waals surface area contributed by atoms with Crippen LogP contribution < -0.4 is 13.9 Å². The van der Waals surface area contributed by atoms with E-state index >= 15 is 0 Å². The third-order valence-electron chi connectivity index (χ3n) is 6.11. The van der Waals surface area contributed by atoms with Gasteiger partial charge in [-0.3, -0.25) is 9.10 Å². The predicted molar refractivity (Wildman–Crippen MR) is 149 cm³/mol. The highest BCUT2D eigenvalue weighted by Crippen LogP contribution is 2.33. The highest BCUT2D eigenvalue weighted by molar-refractivity contribution is 7.93. The summed E-state index contributed by atoms with van der Waals surface area (Å²) < 4.78 is 34.3. The molecule has 1 amide bonds. The maximum atomic E-state index is 13.9. The maximum absolute atomic E-state index is 13.9. The largest absolute Gasteiger partial charge is 0.495 e. The van der Waals surface area contributed by atoms with Crippen LogP contribution in [0.2, 0.25) is 15.1 Å². The topological polar surface area (TPSA) is 70.2 Å². The van der Waals surface area contributed by atoms with Gasteiger partial charge in [-0.25, -0.2) is 8.42 Å². The van der Waals surface area contributed by atoms with Crippen LogP contribution in [0.4, 0.5) is 11.4 Å². The molecule has 0 aliphatic carbocycles. The van der Waals surface area contributed by atoms with E-state index in [4.69, 9.17) is 39.5 Å². The highest BCUT2D eigenvalue weighted by Gasteiger charge is 2.33. The molecule has 0 saturated carbocycles. The summed E-state index contributed by atoms with van der Waals surface area (Å²) in [5.74, 6) is -0.164. The van der Waals surface area contributed by atoms with Crippen LogP contribution in [-0.2, 0) is 14.8 Å². The Morgan fingerprint density at radius 1 is 0.919 bits per heavy atom. The number of aryl methyl sites for hydroxylation is 1. The second-order valence-corrected chi connectivity index (χ2v) is 11.8. The number of hydrogen-bond donors (Lipinski definition) is 0. The number of hydrogen-bond acceptors (Lipinski definition) is 5. The Morgan fingerprint density at radius 3 is 2.22 bits per heavy atom. The molecule has 0 spiro atoms. The molecule has 4 rings (SSSR count). The van der Waals surface area contributed by atoms with Crippen LogP contribution in [-0.4, -0.2) is 59.1 Å². The van der Waals surface area contributed by atoms with Gasteiger partial charge in [-0.1, -0.05) is 46.9 Å². The lowest BCUT2D eigenvalue weighted by atomic mass is 10.2. The SMILES string of the molecule is COc1ccc(C)cc1S(=O)(=O)N(CC(=O)N1CCN(c2cccc(Cl)c2)CC1)c1cc(Cl)cc(Cl)c1. The lowest BCUT2D eigenvalue weighted by Gasteiger charge is -2.37. The van der Waals surface area contributed by atoms with Gasteiger partial charge in [-0.15, -0.1) is 0 Å². The molecule has 0 bridgehead atoms. The standard InChI is InChI=1S/C26H26Cl3N3O4S/c1-18-6-7-24(36-2)25(12-18)37(34,35)32(23-15-20(28)13-21(29)16-23)17-26(33)31-10-8-30(9-11-31)22-5-3-4-19(27)14-22/h3-7,12-16H,8-11,17H2,1-2H3. The Labute approximate surface area is 232 Å². The van der Waals surface area contributed by atoms with Crippen molar-refractivity contribution in [3.05, 3.63) is 81.3 Å². The zero-order chi connectivity index (χ0) is 26.7. The first-order chi connectivity index (χ1) is 17.6. The minimum absolute atomic E-state index is 0.0512. The summed E-state index contributed by atoms with van der Waals surface area (Å²) in [5, 5.41) is 1.14. The zero-order valence-electron chi connectivity index (χ0n) is 20.3. The molecule has 0 atom stereocenters. The Hall–Kier alpha value is -2.65. The van der Waals surface area contributed by atoms with Gasteiger partial charge < -0.3 is 14.5 Å². The third-order valence-corrected chi connectivity index (χ3v) is 8.57. The van der Waals surface area contributed by atoms with E-state index in [-0.39, 0.29) is 32.3 Å². The van der Waals surface area contributed by atoms with Crippen LogP contribution in [0.5, 0.6) is 5.75 Å². The minimum atomic E-state index is -4.23. The average molecular weight is 583 g/mol. The van der Waals surface area contributed by atoms with Gasteiger partial charge in [0, 0.05) is 46.9 Å². The summed E-state index contributed by atoms with van der Waals surface area (Å²) >= 11 is 18.5. The van der Waals surface area contributed by atoms with E-state index in [0.717, 1.165) is 15.6 Å². The maximum Gasteiger partial charge on any atom is 0.268 e. The minimum Gasteiger partial charge on any atom is -0.495 e. The van der Waals surface area contributed by atoms with E-state index in [1.54, 1.807) is 24.0 Å². The van der Waals surface area contributed by atoms with Crippen molar-refractivity contribution in [1.29, 1.82) is 0 Å². The normalized spacial score (nSPS) is 14.0. The number of halogens is 3. The Bertz CT molecular complexity index is 1390. The molecule has 0 aromatic heterocycles. The molecular formula is C26H26Cl3N3O4S. The van der Waals surface area contributed by atoms with E-state index in [0.29, 0.717) is 31.2 Å². The molecule has 0 unspecified atom stereocenters. The first-order valence-electron chi connectivity index (χ1n) is 11.5. The Kier molecular flexibility index (Phi) is 8.43. The smallest absolute Gasteiger partial charge is 0.268 e. The third kappa shape index (κ3) is 6.26. The van der Waals surface area contributed by atoms with Gasteiger partial charge >= 0.3 is 0 Å². The van der Waals surface area contributed by atoms with Crippen LogP contribution in [0.15, 0.2) is 65.6 Å². The zero-order valence-corrected chi connectivity index (χ0v) is 23.4. The van der Waals surface area contributed by atoms with Crippen molar-refractivity contribution in [3.8, 4) is 5.75 Å². The molecule has 1 saturated heterocycles. The van der Waals surface area contributed by atoms with Gasteiger partial charge in [0.25, 0.3) is 10.0 Å². The average Bonchev–Trinajstić information content (AvgIpc) is 2.86. The number of carbonyl (C=O) groups is 1. The molecule has 11 heteroatoms. The van der Waals surface area contributed by atoms with Crippen molar-refractivity contribution in [2.24, 2.45) is 0 Å². The number of methoxy groups -OCH3 is 1. The van der Waals surface area contributed by atoms with Crippen LogP contribution in [0, 0.1) is 6.92 Å². The van der Waals surface area contributed by atoms with Crippen LogP contribution >= 0.6 is 34.8 Å². The van der Waals surface area contributed by atoms with Crippen molar-refractivity contribution < 1.29 is 17.9 Å². The summed E-state index contributed by atoms with van der Waals surface area (Å²) in [5.41, 5.74) is 1.89. The first-order valence-corrected chi connectivity index (χ1v) is 14.1. The van der Waals surface area contributed by atoms with Gasteiger partial charge in [-0.05, 0) is 61.0 Å². The van der Waals surface area contributed by atoms with Crippen molar-refractivity contribution in [2.45, 2.75) is 11.8 Å². The molecule has 7 nitrogen and oxygen atoms in total. The highest BCUT2D eigenvalue weighted by atomic mass is 35.5. The van der Waals surface area contributed by atoms with Gasteiger partial charge in [0.15, 0.2) is 0 Å². The van der Waals surface area contributed by atoms with Crippen LogP contribution in [0.1, 0.15) is 5.56 Å². The van der Waals surface area contributed by atoms with E-state index in [1.165, 1.54) is 31.4 Å². The Morgan fingerprint density at radius 2 is 1.59 bits per heavy atom. The summed E-state index contributed by atoms with van der Waals surface area (Å²) in [6.45, 7) is 3.41. The van der Waals surface area contributed by atoms with E-state index < -0.39 is 16.6 Å². The lowest BCUT2D eigenvalue weighted by molar-refractivity contribution is -0.129. The summed E-state index contributed by atoms with van der Waals surface area (Å²) in [6.07, 6.45) is 0. The number of carbonyl (C=O) groups excluding carboxylic acids is 1. The van der Waals surface area contributed by atoms with Gasteiger partial charge in [0.1, 0.15) is 17.2 Å². The molecule has 0 N–H and O–H groups in total. The molecule has 1 heterocycles. The number of sulfonamides is 1. The van der Waals surface area contributed by atoms with Crippen molar-refractivity contribution in [3.63, 3.8) is 0 Å². The number of anilines is 2. The molecule has 37 heavy (non-hydrogen) atoms. The van der Waals surface area contributed by atoms with Crippen molar-refractivity contribution >= 4 is 62.1 Å². The van der Waals surface area contributed by atoms with E-state index in [2.05, 4.69) is 4.90 Å². The predicted octanol–water partition coefficient (Wildman–Crippen LogP) is 5.51. The fourth-order valence-corrected chi connectivity index (χ4v) is 6.55. The monoisotopic (exact) mass is 581 g/mol. The fourth-order valence-electron chi connectivity index (χ4n) is 4.21. The second-order valence-electron chi connectivity index (χ2n) is 8.64. The number of ether oxygens (including phenoxy) is 1. The molecule has 196 valence electrons. The van der Waals surface area contributed by atoms with Gasteiger partial charge in [-0.2, -0.15) is 0 Å². The van der Waals surface area contributed by atoms with Crippen molar-refractivity contribution in [1.82, 2.24) is 4.90 Å². The number of rotatable bonds is 7.